The van der Waals surface area contributed by atoms with Crippen LogP contribution in [0.15, 0.2) is 72.4 Å². The zero-order valence-corrected chi connectivity index (χ0v) is 21.0. The van der Waals surface area contributed by atoms with Gasteiger partial charge in [-0.05, 0) is 37.5 Å². The number of benzene rings is 1. The van der Waals surface area contributed by atoms with E-state index in [1.165, 1.54) is 5.56 Å². The van der Waals surface area contributed by atoms with E-state index >= 15 is 0 Å². The molecule has 7 nitrogen and oxygen atoms in total. The van der Waals surface area contributed by atoms with E-state index in [0.29, 0.717) is 18.6 Å². The molecule has 8 heteroatoms. The summed E-state index contributed by atoms with van der Waals surface area (Å²) in [5.41, 5.74) is 2.44. The minimum absolute atomic E-state index is 0. The van der Waals surface area contributed by atoms with Crippen LogP contribution >= 0.6 is 24.0 Å². The van der Waals surface area contributed by atoms with Gasteiger partial charge in [-0.25, -0.2) is 15.0 Å². The van der Waals surface area contributed by atoms with E-state index in [2.05, 4.69) is 75.7 Å². The van der Waals surface area contributed by atoms with Crippen LogP contribution < -0.4 is 10.6 Å². The summed E-state index contributed by atoms with van der Waals surface area (Å²) < 4.78 is 1.89. The van der Waals surface area contributed by atoms with Crippen molar-refractivity contribution in [3.8, 4) is 5.82 Å². The molecule has 1 aliphatic rings. The van der Waals surface area contributed by atoms with Crippen LogP contribution in [0.3, 0.4) is 0 Å². The Labute approximate surface area is 207 Å². The largest absolute Gasteiger partial charge is 0.357 e. The average molecular weight is 545 g/mol. The molecule has 0 bridgehead atoms. The molecule has 1 aromatic carbocycles. The molecule has 32 heavy (non-hydrogen) atoms. The smallest absolute Gasteiger partial charge is 0.191 e. The summed E-state index contributed by atoms with van der Waals surface area (Å²) in [5.74, 6) is 1.72. The van der Waals surface area contributed by atoms with Crippen molar-refractivity contribution in [2.75, 3.05) is 13.1 Å². The fraction of sp³-hybridized carbons (Fsp3) is 0.375. The summed E-state index contributed by atoms with van der Waals surface area (Å²) in [4.78, 5) is 15.9. The first-order valence-corrected chi connectivity index (χ1v) is 11.0. The molecule has 0 spiro atoms. The molecule has 0 radical (unpaired) electrons. The van der Waals surface area contributed by atoms with Crippen molar-refractivity contribution in [2.45, 2.75) is 45.4 Å². The van der Waals surface area contributed by atoms with Crippen LogP contribution in [0.25, 0.3) is 5.82 Å². The normalized spacial score (nSPS) is 18.9. The molecule has 170 valence electrons. The highest BCUT2D eigenvalue weighted by molar-refractivity contribution is 14.0. The lowest BCUT2D eigenvalue weighted by atomic mass is 10.2. The summed E-state index contributed by atoms with van der Waals surface area (Å²) in [6.45, 7) is 7.83. The van der Waals surface area contributed by atoms with Crippen molar-refractivity contribution in [3.05, 3.63) is 78.5 Å². The molecule has 2 aromatic heterocycles. The van der Waals surface area contributed by atoms with Crippen molar-refractivity contribution in [1.82, 2.24) is 30.1 Å². The van der Waals surface area contributed by atoms with Gasteiger partial charge in [-0.1, -0.05) is 36.4 Å². The van der Waals surface area contributed by atoms with Crippen LogP contribution in [0, 0.1) is 0 Å². The second-order valence-electron chi connectivity index (χ2n) is 8.03. The predicted octanol–water partition coefficient (Wildman–Crippen LogP) is 3.60. The maximum absolute atomic E-state index is 4.79. The number of imidazole rings is 1. The van der Waals surface area contributed by atoms with Gasteiger partial charge in [0.2, 0.25) is 0 Å². The molecule has 0 amide bonds. The summed E-state index contributed by atoms with van der Waals surface area (Å²) >= 11 is 0. The van der Waals surface area contributed by atoms with Crippen LogP contribution in [0.2, 0.25) is 0 Å². The Balaban J connectivity index is 0.00000289. The Morgan fingerprint density at radius 1 is 1.16 bits per heavy atom. The van der Waals surface area contributed by atoms with Gasteiger partial charge in [-0.15, -0.1) is 24.0 Å². The topological polar surface area (TPSA) is 70.4 Å². The number of hydrogen-bond acceptors (Lipinski definition) is 4. The molecule has 1 aliphatic heterocycles. The van der Waals surface area contributed by atoms with Crippen molar-refractivity contribution in [3.63, 3.8) is 0 Å². The number of likely N-dealkylation sites (tertiary alicyclic amines) is 1. The second-order valence-corrected chi connectivity index (χ2v) is 8.03. The number of pyridine rings is 1. The van der Waals surface area contributed by atoms with Crippen LogP contribution in [0.4, 0.5) is 0 Å². The zero-order valence-electron chi connectivity index (χ0n) is 18.7. The van der Waals surface area contributed by atoms with Crippen molar-refractivity contribution < 1.29 is 0 Å². The average Bonchev–Trinajstić information content (AvgIpc) is 3.44. The van der Waals surface area contributed by atoms with Gasteiger partial charge in [0.15, 0.2) is 5.96 Å². The highest BCUT2D eigenvalue weighted by Crippen LogP contribution is 2.20. The van der Waals surface area contributed by atoms with Gasteiger partial charge in [0.1, 0.15) is 12.1 Å². The van der Waals surface area contributed by atoms with Gasteiger partial charge in [-0.2, -0.15) is 0 Å². The van der Waals surface area contributed by atoms with E-state index < -0.39 is 0 Å². The van der Waals surface area contributed by atoms with E-state index in [4.69, 9.17) is 4.99 Å². The minimum atomic E-state index is 0. The number of aromatic nitrogens is 3. The van der Waals surface area contributed by atoms with E-state index in [1.807, 2.05) is 23.0 Å². The third-order valence-corrected chi connectivity index (χ3v) is 5.62. The van der Waals surface area contributed by atoms with Crippen molar-refractivity contribution in [2.24, 2.45) is 4.99 Å². The molecule has 2 N–H and O–H groups in total. The Bertz CT molecular complexity index is 958. The summed E-state index contributed by atoms with van der Waals surface area (Å²) in [7, 11) is 0. The van der Waals surface area contributed by atoms with E-state index in [9.17, 15) is 0 Å². The minimum Gasteiger partial charge on any atom is -0.357 e. The van der Waals surface area contributed by atoms with Gasteiger partial charge in [0.25, 0.3) is 0 Å². The van der Waals surface area contributed by atoms with Crippen molar-refractivity contribution >= 4 is 29.9 Å². The standard InChI is InChI=1S/C24H31N7.HI/c1-3-26-24(28-15-21-9-10-23(27-14-21)30-12-11-25-18-30)29-22-13-19(2)31(17-22)16-20-7-5-4-6-8-20;/h4-12,14,18-19,22H,3,13,15-17H2,1-2H3,(H2,26,28,29);1H. The number of nitrogens with zero attached hydrogens (tertiary/aromatic N) is 5. The quantitative estimate of drug-likeness (QED) is 0.270. The van der Waals surface area contributed by atoms with Crippen LogP contribution in [-0.2, 0) is 13.1 Å². The molecule has 0 aliphatic carbocycles. The lowest BCUT2D eigenvalue weighted by molar-refractivity contribution is 0.258. The predicted molar refractivity (Wildman–Crippen MR) is 139 cm³/mol. The van der Waals surface area contributed by atoms with E-state index in [1.54, 1.807) is 12.5 Å². The van der Waals surface area contributed by atoms with Crippen LogP contribution in [-0.4, -0.2) is 50.6 Å². The lowest BCUT2D eigenvalue weighted by Gasteiger charge is -2.21. The first-order valence-electron chi connectivity index (χ1n) is 11.0. The van der Waals surface area contributed by atoms with Gasteiger partial charge >= 0.3 is 0 Å². The molecule has 0 saturated carbocycles. The SMILES string of the molecule is CCNC(=NCc1ccc(-n2ccnc2)nc1)NC1CC(C)N(Cc2ccccc2)C1.I. The molecule has 2 atom stereocenters. The fourth-order valence-corrected chi connectivity index (χ4v) is 3.98. The third kappa shape index (κ3) is 6.52. The highest BCUT2D eigenvalue weighted by Gasteiger charge is 2.29. The van der Waals surface area contributed by atoms with E-state index in [0.717, 1.165) is 43.4 Å². The second kappa shape index (κ2) is 12.0. The first kappa shape index (κ1) is 24.2. The molecule has 4 rings (SSSR count). The number of rotatable bonds is 7. The van der Waals surface area contributed by atoms with Crippen molar-refractivity contribution in [1.29, 1.82) is 0 Å². The monoisotopic (exact) mass is 545 g/mol. The maximum Gasteiger partial charge on any atom is 0.191 e. The van der Waals surface area contributed by atoms with Crippen LogP contribution in [0.5, 0.6) is 0 Å². The number of guanidine groups is 1. The fourth-order valence-electron chi connectivity index (χ4n) is 3.98. The van der Waals surface area contributed by atoms with Gasteiger partial charge < -0.3 is 10.6 Å². The first-order chi connectivity index (χ1) is 15.2. The Morgan fingerprint density at radius 3 is 2.69 bits per heavy atom. The number of halogens is 1. The number of hydrogen-bond donors (Lipinski definition) is 2. The highest BCUT2D eigenvalue weighted by atomic mass is 127. The molecular formula is C24H32IN7. The molecule has 1 fully saturated rings. The Hall–Kier alpha value is -2.46. The zero-order chi connectivity index (χ0) is 21.5. The number of aliphatic imine (C=N–C) groups is 1. The summed E-state index contributed by atoms with van der Waals surface area (Å²) in [6.07, 6.45) is 8.37. The summed E-state index contributed by atoms with van der Waals surface area (Å²) in [5, 5.41) is 7.01. The number of nitrogens with one attached hydrogen (secondary N) is 2. The Morgan fingerprint density at radius 2 is 2.00 bits per heavy atom. The Kier molecular flexibility index (Phi) is 9.04. The third-order valence-electron chi connectivity index (χ3n) is 5.62. The molecule has 2 unspecified atom stereocenters. The van der Waals surface area contributed by atoms with Gasteiger partial charge in [0, 0.05) is 50.3 Å². The molecular weight excluding hydrogens is 513 g/mol. The van der Waals surface area contributed by atoms with E-state index in [-0.39, 0.29) is 24.0 Å². The summed E-state index contributed by atoms with van der Waals surface area (Å²) in [6, 6.07) is 15.7. The molecule has 3 aromatic rings. The maximum atomic E-state index is 4.79. The van der Waals surface area contributed by atoms with Crippen LogP contribution in [0.1, 0.15) is 31.4 Å². The van der Waals surface area contributed by atoms with Gasteiger partial charge in [0.05, 0.1) is 6.54 Å². The molecule has 1 saturated heterocycles. The lowest BCUT2D eigenvalue weighted by Crippen LogP contribution is -2.44. The molecule has 3 heterocycles. The van der Waals surface area contributed by atoms with Gasteiger partial charge in [-0.3, -0.25) is 9.47 Å².